The summed E-state index contributed by atoms with van der Waals surface area (Å²) < 4.78 is 16.2. The number of aryl methyl sites for hydroxylation is 1. The molecular formula is C16H16FN3. The number of benzene rings is 2. The normalized spacial score (nSPS) is 12.8. The van der Waals surface area contributed by atoms with Gasteiger partial charge in [-0.05, 0) is 43.7 Å². The maximum absolute atomic E-state index is 14.4. The monoisotopic (exact) mass is 269 g/mol. The van der Waals surface area contributed by atoms with Crippen LogP contribution in [0.1, 0.15) is 24.4 Å². The molecule has 0 saturated heterocycles. The van der Waals surface area contributed by atoms with Gasteiger partial charge in [-0.25, -0.2) is 9.37 Å². The van der Waals surface area contributed by atoms with Gasteiger partial charge in [-0.1, -0.05) is 18.2 Å². The van der Waals surface area contributed by atoms with Crippen molar-refractivity contribution >= 4 is 11.0 Å². The summed E-state index contributed by atoms with van der Waals surface area (Å²) in [6, 6.07) is 12.6. The first-order valence-electron chi connectivity index (χ1n) is 6.57. The minimum absolute atomic E-state index is 0.181. The Balaban J connectivity index is 2.23. The van der Waals surface area contributed by atoms with Gasteiger partial charge >= 0.3 is 0 Å². The van der Waals surface area contributed by atoms with E-state index >= 15 is 0 Å². The van der Waals surface area contributed by atoms with Crippen molar-refractivity contribution in [3.8, 4) is 5.69 Å². The summed E-state index contributed by atoms with van der Waals surface area (Å²) in [4.78, 5) is 4.46. The zero-order valence-corrected chi connectivity index (χ0v) is 11.5. The molecule has 3 aromatic rings. The first-order chi connectivity index (χ1) is 9.58. The van der Waals surface area contributed by atoms with Crippen LogP contribution in [0.2, 0.25) is 0 Å². The number of para-hydroxylation sites is 2. The van der Waals surface area contributed by atoms with Crippen LogP contribution in [0.3, 0.4) is 0 Å². The molecule has 1 unspecified atom stereocenters. The van der Waals surface area contributed by atoms with Crippen LogP contribution in [0.25, 0.3) is 16.7 Å². The van der Waals surface area contributed by atoms with Crippen LogP contribution < -0.4 is 5.73 Å². The van der Waals surface area contributed by atoms with Crippen molar-refractivity contribution in [1.82, 2.24) is 9.55 Å². The molecule has 2 N–H and O–H groups in total. The number of imidazole rings is 1. The molecule has 20 heavy (non-hydrogen) atoms. The smallest absolute Gasteiger partial charge is 0.147 e. The molecule has 1 atom stereocenters. The fourth-order valence-corrected chi connectivity index (χ4v) is 2.44. The lowest BCUT2D eigenvalue weighted by molar-refractivity contribution is 0.612. The number of fused-ring (bicyclic) bond motifs is 1. The van der Waals surface area contributed by atoms with Crippen LogP contribution in [0.15, 0.2) is 42.5 Å². The fraction of sp³-hybridized carbons (Fsp3) is 0.188. The second-order valence-electron chi connectivity index (χ2n) is 4.98. The molecule has 0 amide bonds. The summed E-state index contributed by atoms with van der Waals surface area (Å²) in [6.45, 7) is 3.71. The maximum atomic E-state index is 14.4. The number of hydrogen-bond acceptors (Lipinski definition) is 2. The van der Waals surface area contributed by atoms with Crippen molar-refractivity contribution in [3.63, 3.8) is 0 Å². The van der Waals surface area contributed by atoms with Crippen molar-refractivity contribution in [3.05, 3.63) is 59.7 Å². The zero-order chi connectivity index (χ0) is 14.3. The lowest BCUT2D eigenvalue weighted by Gasteiger charge is -2.11. The largest absolute Gasteiger partial charge is 0.324 e. The number of nitrogens with two attached hydrogens (primary N) is 1. The number of nitrogens with zero attached hydrogens (tertiary/aromatic N) is 2. The summed E-state index contributed by atoms with van der Waals surface area (Å²) in [6.07, 6.45) is 0. The van der Waals surface area contributed by atoms with Gasteiger partial charge in [0, 0.05) is 6.04 Å². The fourth-order valence-electron chi connectivity index (χ4n) is 2.44. The Labute approximate surface area is 116 Å². The molecule has 4 heteroatoms. The summed E-state index contributed by atoms with van der Waals surface area (Å²) in [7, 11) is 0. The molecule has 1 aromatic heterocycles. The van der Waals surface area contributed by atoms with Gasteiger partial charge in [0.25, 0.3) is 0 Å². The van der Waals surface area contributed by atoms with E-state index in [9.17, 15) is 4.39 Å². The van der Waals surface area contributed by atoms with E-state index in [0.29, 0.717) is 5.69 Å². The predicted octanol–water partition coefficient (Wildman–Crippen LogP) is 3.49. The minimum Gasteiger partial charge on any atom is -0.324 e. The third-order valence-corrected chi connectivity index (χ3v) is 3.47. The molecule has 0 saturated carbocycles. The third kappa shape index (κ3) is 1.98. The molecule has 0 bridgehead atoms. The van der Waals surface area contributed by atoms with Gasteiger partial charge < -0.3 is 5.73 Å². The molecule has 0 radical (unpaired) electrons. The summed E-state index contributed by atoms with van der Waals surface area (Å²) in [5.41, 5.74) is 8.83. The van der Waals surface area contributed by atoms with Crippen LogP contribution in [0.4, 0.5) is 4.39 Å². The highest BCUT2D eigenvalue weighted by Crippen LogP contribution is 2.24. The Hall–Kier alpha value is -2.20. The second-order valence-corrected chi connectivity index (χ2v) is 4.98. The molecule has 0 spiro atoms. The number of halogens is 1. The molecule has 0 fully saturated rings. The first-order valence-corrected chi connectivity index (χ1v) is 6.57. The van der Waals surface area contributed by atoms with E-state index in [1.807, 2.05) is 48.7 Å². The van der Waals surface area contributed by atoms with Gasteiger partial charge in [0.05, 0.1) is 16.7 Å². The quantitative estimate of drug-likeness (QED) is 0.774. The Bertz CT molecular complexity index is 774. The topological polar surface area (TPSA) is 43.8 Å². The molecule has 0 aliphatic rings. The third-order valence-electron chi connectivity index (χ3n) is 3.47. The average molecular weight is 269 g/mol. The Kier molecular flexibility index (Phi) is 3.03. The van der Waals surface area contributed by atoms with Crippen LogP contribution in [0, 0.1) is 12.7 Å². The summed E-state index contributed by atoms with van der Waals surface area (Å²) in [5.74, 6) is 0.477. The standard InChI is InChI=1S/C16H16FN3/c1-10(18)12-7-8-15(13(17)9-12)20-11(2)19-14-5-3-4-6-16(14)20/h3-10H,18H2,1-2H3. The van der Waals surface area contributed by atoms with Gasteiger partial charge in [0.2, 0.25) is 0 Å². The highest BCUT2D eigenvalue weighted by molar-refractivity contribution is 5.78. The van der Waals surface area contributed by atoms with Gasteiger partial charge in [-0.2, -0.15) is 0 Å². The molecule has 3 nitrogen and oxygen atoms in total. The van der Waals surface area contributed by atoms with E-state index < -0.39 is 0 Å². The lowest BCUT2D eigenvalue weighted by atomic mass is 10.1. The van der Waals surface area contributed by atoms with Gasteiger partial charge in [-0.3, -0.25) is 4.57 Å². The van der Waals surface area contributed by atoms with Crippen LogP contribution in [-0.4, -0.2) is 9.55 Å². The van der Waals surface area contributed by atoms with Crippen molar-refractivity contribution in [2.75, 3.05) is 0 Å². The van der Waals surface area contributed by atoms with Crippen molar-refractivity contribution in [2.24, 2.45) is 5.73 Å². The van der Waals surface area contributed by atoms with Crippen molar-refractivity contribution < 1.29 is 4.39 Å². The Morgan fingerprint density at radius 3 is 2.65 bits per heavy atom. The zero-order valence-electron chi connectivity index (χ0n) is 11.5. The lowest BCUT2D eigenvalue weighted by Crippen LogP contribution is -2.07. The number of hydrogen-bond donors (Lipinski definition) is 1. The van der Waals surface area contributed by atoms with E-state index in [-0.39, 0.29) is 11.9 Å². The number of aromatic nitrogens is 2. The molecule has 3 rings (SSSR count). The first kappa shape index (κ1) is 12.8. The van der Waals surface area contributed by atoms with E-state index in [1.165, 1.54) is 6.07 Å². The van der Waals surface area contributed by atoms with E-state index in [4.69, 9.17) is 5.73 Å². The predicted molar refractivity (Wildman–Crippen MR) is 78.4 cm³/mol. The highest BCUT2D eigenvalue weighted by atomic mass is 19.1. The van der Waals surface area contributed by atoms with Crippen LogP contribution in [-0.2, 0) is 0 Å². The van der Waals surface area contributed by atoms with E-state index in [2.05, 4.69) is 4.98 Å². The van der Waals surface area contributed by atoms with Crippen molar-refractivity contribution in [2.45, 2.75) is 19.9 Å². The van der Waals surface area contributed by atoms with Crippen LogP contribution in [0.5, 0.6) is 0 Å². The molecular weight excluding hydrogens is 253 g/mol. The van der Waals surface area contributed by atoms with E-state index in [0.717, 1.165) is 22.4 Å². The Morgan fingerprint density at radius 1 is 1.20 bits per heavy atom. The van der Waals surface area contributed by atoms with Gasteiger partial charge in [0.15, 0.2) is 0 Å². The SMILES string of the molecule is Cc1nc2ccccc2n1-c1ccc(C(C)N)cc1F. The minimum atomic E-state index is -0.286. The van der Waals surface area contributed by atoms with Crippen molar-refractivity contribution in [1.29, 1.82) is 0 Å². The summed E-state index contributed by atoms with van der Waals surface area (Å²) in [5, 5.41) is 0. The van der Waals surface area contributed by atoms with E-state index in [1.54, 1.807) is 6.07 Å². The molecule has 2 aromatic carbocycles. The maximum Gasteiger partial charge on any atom is 0.147 e. The number of rotatable bonds is 2. The molecule has 0 aliphatic heterocycles. The summed E-state index contributed by atoms with van der Waals surface area (Å²) >= 11 is 0. The molecule has 102 valence electrons. The Morgan fingerprint density at radius 2 is 1.95 bits per heavy atom. The highest BCUT2D eigenvalue weighted by Gasteiger charge is 2.13. The molecule has 0 aliphatic carbocycles. The van der Waals surface area contributed by atoms with Gasteiger partial charge in [0.1, 0.15) is 11.6 Å². The average Bonchev–Trinajstić information content (AvgIpc) is 2.74. The van der Waals surface area contributed by atoms with Gasteiger partial charge in [-0.15, -0.1) is 0 Å². The second kappa shape index (κ2) is 4.72. The molecule has 1 heterocycles. The van der Waals surface area contributed by atoms with Crippen LogP contribution >= 0.6 is 0 Å².